The molecule has 0 aliphatic rings. The largest absolute Gasteiger partial charge is 0.679 e. The van der Waals surface area contributed by atoms with Crippen LogP contribution in [0.4, 0.5) is 0 Å². The van der Waals surface area contributed by atoms with E-state index in [4.69, 9.17) is 16.5 Å². The minimum atomic E-state index is -2.41. The van der Waals surface area contributed by atoms with Crippen molar-refractivity contribution in [3.8, 4) is 0 Å². The Morgan fingerprint density at radius 2 is 2.12 bits per heavy atom. The zero-order valence-corrected chi connectivity index (χ0v) is 6.71. The summed E-state index contributed by atoms with van der Waals surface area (Å²) >= 11 is 8.77. The molecule has 0 rings (SSSR count). The van der Waals surface area contributed by atoms with Crippen molar-refractivity contribution >= 4 is 32.2 Å². The third-order valence-corrected chi connectivity index (χ3v) is 0.629. The lowest BCUT2D eigenvalue weighted by Gasteiger charge is -1.45. The standard InChI is InChI=1S/C2H5Cl.NO2PS/c1-2-3;2-4(3)1-5/h2H2,1H3;/p+1. The van der Waals surface area contributed by atoms with Crippen molar-refractivity contribution in [3.05, 3.63) is 0 Å². The molecule has 8 heavy (non-hydrogen) atoms. The fraction of sp³-hybridized carbons (Fsp3) is 1.00. The van der Waals surface area contributed by atoms with Crippen LogP contribution in [0.15, 0.2) is 4.13 Å². The van der Waals surface area contributed by atoms with E-state index in [0.717, 1.165) is 5.88 Å². The van der Waals surface area contributed by atoms with Crippen molar-refractivity contribution in [3.63, 3.8) is 0 Å². The van der Waals surface area contributed by atoms with E-state index in [1.165, 1.54) is 0 Å². The predicted octanol–water partition coefficient (Wildman–Crippen LogP) is 1.61. The molecule has 1 N–H and O–H groups in total. The molecule has 1 unspecified atom stereocenters. The van der Waals surface area contributed by atoms with Gasteiger partial charge in [-0.1, -0.05) is 6.92 Å². The summed E-state index contributed by atoms with van der Waals surface area (Å²) in [4.78, 5) is 7.60. The van der Waals surface area contributed by atoms with Crippen LogP contribution in [0.25, 0.3) is 0 Å². The average Bonchev–Trinajstić information content (AvgIpc) is 1.69. The van der Waals surface area contributed by atoms with Crippen LogP contribution in [0.3, 0.4) is 0 Å². The Morgan fingerprint density at radius 1 is 2.00 bits per heavy atom. The second-order valence-corrected chi connectivity index (χ2v) is 2.29. The van der Waals surface area contributed by atoms with Crippen LogP contribution in [0.5, 0.6) is 0 Å². The van der Waals surface area contributed by atoms with Gasteiger partial charge in [0.15, 0.2) is 0 Å². The quantitative estimate of drug-likeness (QED) is 0.485. The van der Waals surface area contributed by atoms with Crippen LogP contribution in [0, 0.1) is 0 Å². The highest BCUT2D eigenvalue weighted by atomic mass is 35.5. The van der Waals surface area contributed by atoms with Gasteiger partial charge in [0.1, 0.15) is 0 Å². The van der Waals surface area contributed by atoms with Crippen LogP contribution in [0.2, 0.25) is 0 Å². The number of hydrogen-bond acceptors (Lipinski definition) is 2. The molecule has 0 bridgehead atoms. The summed E-state index contributed by atoms with van der Waals surface area (Å²) in [6.07, 6.45) is 0. The smallest absolute Gasteiger partial charge is 0.138 e. The number of rotatable bonds is 1. The Hall–Kier alpha value is 0.370. The molecule has 1 atom stereocenters. The first kappa shape index (κ1) is 11.2. The van der Waals surface area contributed by atoms with Gasteiger partial charge in [0.25, 0.3) is 0 Å². The second-order valence-electron chi connectivity index (χ2n) is 0.602. The SMILES string of the molecule is CCCl.O=[P+](O)N=S. The fourth-order valence-electron chi connectivity index (χ4n) is 0. The molecular weight excluding hydrogens is 169 g/mol. The Bertz CT molecular complexity index is 80.4. The highest BCUT2D eigenvalue weighted by Gasteiger charge is 2.00. The summed E-state index contributed by atoms with van der Waals surface area (Å²) in [6, 6.07) is 0. The molecule has 0 amide bonds. The number of nitrogens with zero attached hydrogens (tertiary/aromatic N) is 1. The van der Waals surface area contributed by atoms with E-state index in [0.29, 0.717) is 0 Å². The number of hydrogen-bond donors (Lipinski definition) is 1. The molecule has 0 aromatic carbocycles. The van der Waals surface area contributed by atoms with Gasteiger partial charge < -0.3 is 0 Å². The first-order valence-electron chi connectivity index (χ1n) is 1.74. The zero-order valence-electron chi connectivity index (χ0n) is 4.24. The van der Waals surface area contributed by atoms with Crippen molar-refractivity contribution < 1.29 is 9.46 Å². The van der Waals surface area contributed by atoms with E-state index in [-0.39, 0.29) is 0 Å². The van der Waals surface area contributed by atoms with Gasteiger partial charge in [-0.05, 0) is 0 Å². The Kier molecular flexibility index (Phi) is 14.5. The summed E-state index contributed by atoms with van der Waals surface area (Å²) in [5.74, 6) is 0.722. The van der Waals surface area contributed by atoms with Crippen LogP contribution in [-0.2, 0) is 17.0 Å². The second kappa shape index (κ2) is 10.4. The molecular formula is C2H6ClNO2PS+. The van der Waals surface area contributed by atoms with E-state index in [1.807, 2.05) is 6.92 Å². The van der Waals surface area contributed by atoms with Crippen LogP contribution >= 0.6 is 19.8 Å². The van der Waals surface area contributed by atoms with Gasteiger partial charge >= 0.3 is 8.18 Å². The van der Waals surface area contributed by atoms with Gasteiger partial charge in [-0.2, -0.15) is 0 Å². The summed E-state index contributed by atoms with van der Waals surface area (Å²) in [7, 11) is -2.41. The third-order valence-electron chi connectivity index (χ3n) is 0.0698. The molecule has 3 nitrogen and oxygen atoms in total. The lowest BCUT2D eigenvalue weighted by Crippen LogP contribution is -1.36. The first-order valence-corrected chi connectivity index (χ1v) is 3.80. The Balaban J connectivity index is 0. The molecule has 6 heteroatoms. The predicted molar refractivity (Wildman–Crippen MR) is 36.0 cm³/mol. The summed E-state index contributed by atoms with van der Waals surface area (Å²) in [6.45, 7) is 1.89. The topological polar surface area (TPSA) is 49.7 Å². The number of alkyl halides is 1. The Morgan fingerprint density at radius 3 is 2.12 bits per heavy atom. The molecule has 0 spiro atoms. The van der Waals surface area contributed by atoms with E-state index < -0.39 is 8.18 Å². The lowest BCUT2D eigenvalue weighted by molar-refractivity contribution is 0.506. The van der Waals surface area contributed by atoms with Crippen molar-refractivity contribution in [1.82, 2.24) is 0 Å². The molecule has 0 aliphatic heterocycles. The zero-order chi connectivity index (χ0) is 6.99. The first-order chi connectivity index (χ1) is 3.68. The van der Waals surface area contributed by atoms with Crippen molar-refractivity contribution in [1.29, 1.82) is 0 Å². The Labute approximate surface area is 59.1 Å². The number of halogens is 1. The lowest BCUT2D eigenvalue weighted by atomic mass is 11.0. The fourth-order valence-corrected chi connectivity index (χ4v) is 0. The molecule has 48 valence electrons. The van der Waals surface area contributed by atoms with Gasteiger partial charge in [0.2, 0.25) is 0 Å². The normalized spacial score (nSPS) is 8.62. The maximum absolute atomic E-state index is 9.25. The minimum absolute atomic E-state index is 0.722. The van der Waals surface area contributed by atoms with E-state index in [9.17, 15) is 4.57 Å². The van der Waals surface area contributed by atoms with Crippen molar-refractivity contribution in [2.75, 3.05) is 5.88 Å². The summed E-state index contributed by atoms with van der Waals surface area (Å²) in [5, 5.41) is 0. The van der Waals surface area contributed by atoms with E-state index >= 15 is 0 Å². The van der Waals surface area contributed by atoms with Gasteiger partial charge in [-0.3, -0.25) is 0 Å². The van der Waals surface area contributed by atoms with Crippen LogP contribution < -0.4 is 0 Å². The highest BCUT2D eigenvalue weighted by molar-refractivity contribution is 7.55. The minimum Gasteiger partial charge on any atom is -0.138 e. The van der Waals surface area contributed by atoms with Gasteiger partial charge in [0, 0.05) is 10.4 Å². The van der Waals surface area contributed by atoms with Crippen molar-refractivity contribution in [2.24, 2.45) is 4.13 Å². The summed E-state index contributed by atoms with van der Waals surface area (Å²) in [5.41, 5.74) is 0. The molecule has 0 aromatic rings. The molecule has 0 fully saturated rings. The van der Waals surface area contributed by atoms with Crippen LogP contribution in [-0.4, -0.2) is 10.8 Å². The molecule has 0 radical (unpaired) electrons. The molecule has 0 heterocycles. The molecule has 0 saturated carbocycles. The van der Waals surface area contributed by atoms with Gasteiger partial charge in [-0.25, -0.2) is 0 Å². The molecule has 0 saturated heterocycles. The maximum atomic E-state index is 9.25. The van der Waals surface area contributed by atoms with Crippen molar-refractivity contribution in [2.45, 2.75) is 6.92 Å². The average molecular weight is 175 g/mol. The van der Waals surface area contributed by atoms with Gasteiger partial charge in [0.05, 0.1) is 16.6 Å². The van der Waals surface area contributed by atoms with Gasteiger partial charge in [-0.15, -0.1) is 16.5 Å². The highest BCUT2D eigenvalue weighted by Crippen LogP contribution is 2.10. The molecule has 0 aliphatic carbocycles. The van der Waals surface area contributed by atoms with E-state index in [1.54, 1.807) is 0 Å². The van der Waals surface area contributed by atoms with Crippen LogP contribution in [0.1, 0.15) is 6.92 Å². The van der Waals surface area contributed by atoms with E-state index in [2.05, 4.69) is 16.6 Å². The third kappa shape index (κ3) is 32.7. The molecule has 0 aromatic heterocycles. The maximum Gasteiger partial charge on any atom is 0.679 e. The monoisotopic (exact) mass is 174 g/mol. The summed E-state index contributed by atoms with van der Waals surface area (Å²) < 4.78 is 11.8.